The minimum Gasteiger partial charge on any atom is -0.398 e. The van der Waals surface area contributed by atoms with Crippen LogP contribution in [-0.4, -0.2) is 15.6 Å². The van der Waals surface area contributed by atoms with Crippen LogP contribution in [0.3, 0.4) is 0 Å². The van der Waals surface area contributed by atoms with Crippen molar-refractivity contribution in [2.45, 2.75) is 6.42 Å². The number of carbonyl (C=O) groups excluding carboxylic acids is 1. The fourth-order valence-electron chi connectivity index (χ4n) is 2.59. The Hall–Kier alpha value is -1.86. The van der Waals surface area contributed by atoms with Crippen molar-refractivity contribution in [3.63, 3.8) is 0 Å². The molecule has 2 N–H and O–H groups in total. The highest BCUT2D eigenvalue weighted by molar-refractivity contribution is 14.1. The molecule has 0 atom stereocenters. The molecule has 2 aromatic carbocycles. The predicted molar refractivity (Wildman–Crippen MR) is 104 cm³/mol. The van der Waals surface area contributed by atoms with Gasteiger partial charge < -0.3 is 5.73 Å². The Morgan fingerprint density at radius 3 is 2.67 bits per heavy atom. The number of ketones is 1. The fraction of sp³-hybridized carbons (Fsp3) is 0.111. The lowest BCUT2D eigenvalue weighted by atomic mass is 9.99. The van der Waals surface area contributed by atoms with Crippen LogP contribution in [0.2, 0.25) is 5.02 Å². The number of carbonyl (C=O) groups is 1. The molecule has 0 aliphatic heterocycles. The molecular formula is C18H15ClIN3O. The first-order chi connectivity index (χ1) is 11.5. The average molecular weight is 452 g/mol. The quantitative estimate of drug-likeness (QED) is 0.369. The third-order valence-corrected chi connectivity index (χ3v) is 4.79. The summed E-state index contributed by atoms with van der Waals surface area (Å²) in [6, 6.07) is 13.2. The van der Waals surface area contributed by atoms with Crippen LogP contribution in [0.5, 0.6) is 0 Å². The number of rotatable bonds is 4. The normalized spacial score (nSPS) is 10.8. The fourth-order valence-corrected chi connectivity index (χ4v) is 3.52. The van der Waals surface area contributed by atoms with Crippen molar-refractivity contribution in [1.82, 2.24) is 9.78 Å². The zero-order valence-electron chi connectivity index (χ0n) is 13.0. The van der Waals surface area contributed by atoms with Crippen LogP contribution in [0, 0.1) is 3.57 Å². The molecule has 1 heterocycles. The predicted octanol–water partition coefficient (Wildman–Crippen LogP) is 4.08. The van der Waals surface area contributed by atoms with Crippen molar-refractivity contribution in [3.05, 3.63) is 79.6 Å². The van der Waals surface area contributed by atoms with E-state index in [9.17, 15) is 4.79 Å². The van der Waals surface area contributed by atoms with Gasteiger partial charge in [0.1, 0.15) is 5.69 Å². The number of nitrogen functional groups attached to an aromatic ring is 1. The van der Waals surface area contributed by atoms with Crippen LogP contribution in [-0.2, 0) is 13.5 Å². The summed E-state index contributed by atoms with van der Waals surface area (Å²) in [5.74, 6) is -0.121. The van der Waals surface area contributed by atoms with Gasteiger partial charge in [-0.25, -0.2) is 0 Å². The summed E-state index contributed by atoms with van der Waals surface area (Å²) >= 11 is 8.14. The number of aromatic nitrogens is 2. The van der Waals surface area contributed by atoms with Crippen LogP contribution in [0.4, 0.5) is 5.69 Å². The van der Waals surface area contributed by atoms with E-state index in [-0.39, 0.29) is 5.78 Å². The number of nitrogens with two attached hydrogens (primary N) is 1. The zero-order valence-corrected chi connectivity index (χ0v) is 15.9. The molecule has 0 amide bonds. The van der Waals surface area contributed by atoms with E-state index in [2.05, 4.69) is 27.7 Å². The maximum absolute atomic E-state index is 12.9. The summed E-state index contributed by atoms with van der Waals surface area (Å²) in [6.07, 6.45) is 2.35. The van der Waals surface area contributed by atoms with Crippen LogP contribution < -0.4 is 5.73 Å². The minimum absolute atomic E-state index is 0.121. The smallest absolute Gasteiger partial charge is 0.214 e. The van der Waals surface area contributed by atoms with Gasteiger partial charge in [0, 0.05) is 23.3 Å². The molecule has 0 bridgehead atoms. The highest BCUT2D eigenvalue weighted by atomic mass is 127. The maximum Gasteiger partial charge on any atom is 0.214 e. The lowest BCUT2D eigenvalue weighted by molar-refractivity contribution is 0.103. The second kappa shape index (κ2) is 6.94. The highest BCUT2D eigenvalue weighted by Gasteiger charge is 2.19. The summed E-state index contributed by atoms with van der Waals surface area (Å²) in [7, 11) is 1.75. The largest absolute Gasteiger partial charge is 0.398 e. The van der Waals surface area contributed by atoms with Crippen molar-refractivity contribution in [1.29, 1.82) is 0 Å². The number of aryl methyl sites for hydroxylation is 1. The number of hydrogen-bond donors (Lipinski definition) is 1. The first-order valence-corrected chi connectivity index (χ1v) is 8.76. The van der Waals surface area contributed by atoms with E-state index in [0.29, 0.717) is 28.4 Å². The summed E-state index contributed by atoms with van der Waals surface area (Å²) in [6.45, 7) is 0. The van der Waals surface area contributed by atoms with Crippen LogP contribution in [0.15, 0.2) is 48.7 Å². The second-order valence-electron chi connectivity index (χ2n) is 5.52. The first-order valence-electron chi connectivity index (χ1n) is 7.30. The molecule has 1 aromatic heterocycles. The molecule has 122 valence electrons. The van der Waals surface area contributed by atoms with Gasteiger partial charge in [-0.3, -0.25) is 9.48 Å². The molecule has 0 saturated carbocycles. The van der Waals surface area contributed by atoms with Gasteiger partial charge in [-0.15, -0.1) is 0 Å². The second-order valence-corrected chi connectivity index (χ2v) is 7.12. The van der Waals surface area contributed by atoms with E-state index in [0.717, 1.165) is 14.7 Å². The van der Waals surface area contributed by atoms with Gasteiger partial charge in [-0.05, 0) is 64.4 Å². The average Bonchev–Trinajstić information content (AvgIpc) is 2.87. The molecule has 3 aromatic rings. The van der Waals surface area contributed by atoms with Crippen molar-refractivity contribution in [2.24, 2.45) is 7.05 Å². The first kappa shape index (κ1) is 17.0. The van der Waals surface area contributed by atoms with E-state index >= 15 is 0 Å². The van der Waals surface area contributed by atoms with Crippen molar-refractivity contribution < 1.29 is 4.79 Å². The highest BCUT2D eigenvalue weighted by Crippen LogP contribution is 2.23. The van der Waals surface area contributed by atoms with E-state index in [1.807, 2.05) is 36.4 Å². The maximum atomic E-state index is 12.9. The van der Waals surface area contributed by atoms with Crippen LogP contribution in [0.25, 0.3) is 0 Å². The summed E-state index contributed by atoms with van der Waals surface area (Å²) in [4.78, 5) is 12.9. The molecule has 0 unspecified atom stereocenters. The molecule has 4 nitrogen and oxygen atoms in total. The van der Waals surface area contributed by atoms with Crippen LogP contribution in [0.1, 0.15) is 27.2 Å². The summed E-state index contributed by atoms with van der Waals surface area (Å²) in [5, 5.41) is 4.82. The number of nitrogens with zero attached hydrogens (tertiary/aromatic N) is 2. The molecule has 0 radical (unpaired) electrons. The van der Waals surface area contributed by atoms with Crippen molar-refractivity contribution >= 4 is 45.7 Å². The number of hydrogen-bond acceptors (Lipinski definition) is 3. The SMILES string of the molecule is Cn1ncc(I)c1C(=O)c1cc(Cc2cccc(Cl)c2)ccc1N. The topological polar surface area (TPSA) is 60.9 Å². The van der Waals surface area contributed by atoms with E-state index in [1.54, 1.807) is 24.0 Å². The zero-order chi connectivity index (χ0) is 17.3. The Kier molecular flexibility index (Phi) is 4.91. The molecular weight excluding hydrogens is 437 g/mol. The Balaban J connectivity index is 1.96. The Morgan fingerprint density at radius 2 is 2.00 bits per heavy atom. The van der Waals surface area contributed by atoms with Gasteiger partial charge in [0.15, 0.2) is 0 Å². The van der Waals surface area contributed by atoms with Gasteiger partial charge in [-0.2, -0.15) is 5.10 Å². The lowest BCUT2D eigenvalue weighted by Gasteiger charge is -2.09. The van der Waals surface area contributed by atoms with Crippen molar-refractivity contribution in [3.8, 4) is 0 Å². The molecule has 24 heavy (non-hydrogen) atoms. The summed E-state index contributed by atoms with van der Waals surface area (Å²) in [5.41, 5.74) is 9.64. The van der Waals surface area contributed by atoms with E-state index in [4.69, 9.17) is 17.3 Å². The standard InChI is InChI=1S/C18H15ClIN3O/c1-23-17(15(20)10-22-23)18(24)14-9-12(5-6-16(14)21)7-11-3-2-4-13(19)8-11/h2-6,8-10H,7,21H2,1H3. The Labute approximate surface area is 158 Å². The van der Waals surface area contributed by atoms with Gasteiger partial charge in [0.25, 0.3) is 0 Å². The number of anilines is 1. The van der Waals surface area contributed by atoms with Gasteiger partial charge >= 0.3 is 0 Å². The van der Waals surface area contributed by atoms with E-state index < -0.39 is 0 Å². The Morgan fingerprint density at radius 1 is 1.25 bits per heavy atom. The van der Waals surface area contributed by atoms with Crippen molar-refractivity contribution in [2.75, 3.05) is 5.73 Å². The van der Waals surface area contributed by atoms with E-state index in [1.165, 1.54) is 0 Å². The molecule has 0 aliphatic rings. The third-order valence-electron chi connectivity index (χ3n) is 3.77. The third kappa shape index (κ3) is 3.47. The molecule has 0 fully saturated rings. The van der Waals surface area contributed by atoms with Gasteiger partial charge in [0.05, 0.1) is 9.77 Å². The van der Waals surface area contributed by atoms with Gasteiger partial charge in [0.2, 0.25) is 5.78 Å². The van der Waals surface area contributed by atoms with Gasteiger partial charge in [-0.1, -0.05) is 29.8 Å². The number of halogens is 2. The van der Waals surface area contributed by atoms with Crippen LogP contribution >= 0.6 is 34.2 Å². The lowest BCUT2D eigenvalue weighted by Crippen LogP contribution is -2.12. The Bertz CT molecular complexity index is 901. The summed E-state index contributed by atoms with van der Waals surface area (Å²) < 4.78 is 2.38. The monoisotopic (exact) mass is 451 g/mol. The molecule has 0 spiro atoms. The molecule has 6 heteroatoms. The minimum atomic E-state index is -0.121. The molecule has 3 rings (SSSR count). The number of benzene rings is 2. The molecule has 0 saturated heterocycles. The molecule has 0 aliphatic carbocycles.